The molecule has 2 aliphatic heterocycles. The average Bonchev–Trinajstić information content (AvgIpc) is 2.71. The van der Waals surface area contributed by atoms with Gasteiger partial charge in [-0.1, -0.05) is 12.1 Å². The van der Waals surface area contributed by atoms with Gasteiger partial charge in [-0.3, -0.25) is 4.90 Å². The summed E-state index contributed by atoms with van der Waals surface area (Å²) in [6.45, 7) is 5.35. The van der Waals surface area contributed by atoms with E-state index in [1.807, 2.05) is 6.08 Å². The largest absolute Gasteiger partial charge is 0.487 e. The average molecular weight is 380 g/mol. The third-order valence-corrected chi connectivity index (χ3v) is 5.51. The smallest absolute Gasteiger partial charge is 0.125 e. The van der Waals surface area contributed by atoms with Crippen molar-refractivity contribution in [1.82, 2.24) is 10.2 Å². The van der Waals surface area contributed by atoms with Crippen LogP contribution >= 0.6 is 0 Å². The standard InChI is InChI=1S/C22H28N4O2/c23-5-7-27-15-26-13-20(14-26)28-22-10-19(9-18-4-6-25-12-21(18)22)17-3-1-2-16(8-17)11-24/h3,8-10,20,25H,1-2,4-7,12-15,23H2. The Balaban J connectivity index is 1.50. The molecule has 1 saturated heterocycles. The number of nitriles is 1. The highest BCUT2D eigenvalue weighted by molar-refractivity contribution is 5.78. The first-order valence-electron chi connectivity index (χ1n) is 10.1. The third kappa shape index (κ3) is 4.29. The minimum Gasteiger partial charge on any atom is -0.487 e. The number of nitrogens with zero attached hydrogens (tertiary/aromatic N) is 2. The predicted octanol–water partition coefficient (Wildman–Crippen LogP) is 1.96. The molecule has 0 atom stereocenters. The molecule has 0 saturated carbocycles. The van der Waals surface area contributed by atoms with Crippen molar-refractivity contribution < 1.29 is 9.47 Å². The quantitative estimate of drug-likeness (QED) is 0.704. The van der Waals surface area contributed by atoms with Crippen LogP contribution < -0.4 is 15.8 Å². The van der Waals surface area contributed by atoms with Gasteiger partial charge in [0.2, 0.25) is 0 Å². The lowest BCUT2D eigenvalue weighted by Crippen LogP contribution is -2.54. The molecule has 0 radical (unpaired) electrons. The van der Waals surface area contributed by atoms with Gasteiger partial charge in [0, 0.05) is 37.3 Å². The van der Waals surface area contributed by atoms with Gasteiger partial charge < -0.3 is 20.5 Å². The lowest BCUT2D eigenvalue weighted by Gasteiger charge is -2.39. The summed E-state index contributed by atoms with van der Waals surface area (Å²) < 4.78 is 11.9. The zero-order valence-corrected chi connectivity index (χ0v) is 16.2. The number of hydrogen-bond donors (Lipinski definition) is 2. The summed E-state index contributed by atoms with van der Waals surface area (Å²) in [6.07, 6.45) is 7.20. The molecule has 0 spiro atoms. The minimum atomic E-state index is 0.188. The van der Waals surface area contributed by atoms with Crippen molar-refractivity contribution in [3.63, 3.8) is 0 Å². The summed E-state index contributed by atoms with van der Waals surface area (Å²) in [5.41, 5.74) is 11.2. The SMILES string of the molecule is N#CC1=CC(c2cc3c(c(OC4CN(COCCN)C4)c2)CNCC3)=CCC1. The fraction of sp³-hybridized carbons (Fsp3) is 0.500. The lowest BCUT2D eigenvalue weighted by molar-refractivity contribution is -0.0584. The predicted molar refractivity (Wildman–Crippen MR) is 109 cm³/mol. The topological polar surface area (TPSA) is 83.5 Å². The molecule has 4 rings (SSSR count). The monoisotopic (exact) mass is 380 g/mol. The molecule has 148 valence electrons. The third-order valence-electron chi connectivity index (χ3n) is 5.51. The zero-order valence-electron chi connectivity index (χ0n) is 16.2. The summed E-state index contributed by atoms with van der Waals surface area (Å²) in [5.74, 6) is 0.977. The molecule has 28 heavy (non-hydrogen) atoms. The van der Waals surface area contributed by atoms with Gasteiger partial charge in [0.05, 0.1) is 19.4 Å². The number of rotatable bonds is 7. The molecule has 0 amide bonds. The van der Waals surface area contributed by atoms with Gasteiger partial charge in [-0.05, 0) is 54.6 Å². The summed E-state index contributed by atoms with van der Waals surface area (Å²) in [7, 11) is 0. The Kier molecular flexibility index (Phi) is 6.08. The number of likely N-dealkylation sites (tertiary alicyclic amines) is 1. The molecule has 1 aliphatic carbocycles. The van der Waals surface area contributed by atoms with Crippen LogP contribution in [-0.4, -0.2) is 50.5 Å². The Morgan fingerprint density at radius 1 is 1.29 bits per heavy atom. The molecule has 1 aromatic carbocycles. The van der Waals surface area contributed by atoms with E-state index in [9.17, 15) is 5.26 Å². The Morgan fingerprint density at radius 3 is 3.00 bits per heavy atom. The van der Waals surface area contributed by atoms with Crippen molar-refractivity contribution in [3.8, 4) is 11.8 Å². The highest BCUT2D eigenvalue weighted by Crippen LogP contribution is 2.34. The molecule has 0 aromatic heterocycles. The van der Waals surface area contributed by atoms with Gasteiger partial charge in [0.25, 0.3) is 0 Å². The van der Waals surface area contributed by atoms with E-state index >= 15 is 0 Å². The van der Waals surface area contributed by atoms with Crippen LogP contribution in [0.3, 0.4) is 0 Å². The van der Waals surface area contributed by atoms with E-state index in [1.54, 1.807) is 0 Å². The molecule has 1 fully saturated rings. The molecule has 3 N–H and O–H groups in total. The van der Waals surface area contributed by atoms with Crippen molar-refractivity contribution >= 4 is 5.57 Å². The number of hydrogen-bond acceptors (Lipinski definition) is 6. The van der Waals surface area contributed by atoms with Gasteiger partial charge in [-0.2, -0.15) is 5.26 Å². The number of benzene rings is 1. The van der Waals surface area contributed by atoms with Crippen LogP contribution in [0.15, 0.2) is 29.9 Å². The zero-order chi connectivity index (χ0) is 19.3. The normalized spacial score (nSPS) is 19.9. The second kappa shape index (κ2) is 8.89. The molecular weight excluding hydrogens is 352 g/mol. The second-order valence-corrected chi connectivity index (χ2v) is 7.62. The molecule has 1 aromatic rings. The summed E-state index contributed by atoms with van der Waals surface area (Å²) in [6, 6.07) is 6.74. The van der Waals surface area contributed by atoms with Crippen LogP contribution in [0.25, 0.3) is 5.57 Å². The highest BCUT2D eigenvalue weighted by Gasteiger charge is 2.29. The van der Waals surface area contributed by atoms with Gasteiger partial charge in [-0.25, -0.2) is 0 Å². The van der Waals surface area contributed by atoms with Gasteiger partial charge in [0.1, 0.15) is 11.9 Å². The van der Waals surface area contributed by atoms with Crippen molar-refractivity contribution in [1.29, 1.82) is 5.26 Å². The summed E-state index contributed by atoms with van der Waals surface area (Å²) >= 11 is 0. The maximum Gasteiger partial charge on any atom is 0.125 e. The molecule has 3 aliphatic rings. The van der Waals surface area contributed by atoms with Gasteiger partial charge in [-0.15, -0.1) is 0 Å². The maximum atomic E-state index is 9.26. The highest BCUT2D eigenvalue weighted by atomic mass is 16.5. The van der Waals surface area contributed by atoms with Crippen molar-refractivity contribution in [2.24, 2.45) is 5.73 Å². The molecule has 6 heteroatoms. The van der Waals surface area contributed by atoms with Crippen LogP contribution in [-0.2, 0) is 17.7 Å². The minimum absolute atomic E-state index is 0.188. The molecular formula is C22H28N4O2. The van der Waals surface area contributed by atoms with Crippen molar-refractivity contribution in [3.05, 3.63) is 46.5 Å². The first kappa shape index (κ1) is 19.2. The number of nitrogens with one attached hydrogen (secondary N) is 1. The number of fused-ring (bicyclic) bond motifs is 1. The van der Waals surface area contributed by atoms with Crippen LogP contribution in [0.4, 0.5) is 0 Å². The Bertz CT molecular complexity index is 819. The lowest BCUT2D eigenvalue weighted by atomic mass is 9.90. The number of nitrogens with two attached hydrogens (primary N) is 1. The first-order valence-corrected chi connectivity index (χ1v) is 10.1. The van der Waals surface area contributed by atoms with E-state index in [0.29, 0.717) is 19.9 Å². The van der Waals surface area contributed by atoms with Crippen molar-refractivity contribution in [2.75, 3.05) is 39.5 Å². The summed E-state index contributed by atoms with van der Waals surface area (Å²) in [5, 5.41) is 12.7. The van der Waals surface area contributed by atoms with E-state index < -0.39 is 0 Å². The van der Waals surface area contributed by atoms with Gasteiger partial charge in [0.15, 0.2) is 0 Å². The van der Waals surface area contributed by atoms with Crippen LogP contribution in [0.1, 0.15) is 29.5 Å². The van der Waals surface area contributed by atoms with E-state index in [2.05, 4.69) is 34.5 Å². The molecule has 2 heterocycles. The second-order valence-electron chi connectivity index (χ2n) is 7.62. The molecule has 6 nitrogen and oxygen atoms in total. The Labute approximate surface area is 166 Å². The van der Waals surface area contributed by atoms with Gasteiger partial charge >= 0.3 is 0 Å². The van der Waals surface area contributed by atoms with Crippen molar-refractivity contribution in [2.45, 2.75) is 31.9 Å². The van der Waals surface area contributed by atoms with E-state index in [1.165, 1.54) is 11.1 Å². The Hall–Kier alpha value is -2.17. The number of ether oxygens (including phenoxy) is 2. The number of allylic oxidation sites excluding steroid dienone is 4. The van der Waals surface area contributed by atoms with E-state index in [-0.39, 0.29) is 6.10 Å². The maximum absolute atomic E-state index is 9.26. The van der Waals surface area contributed by atoms with Crippen LogP contribution in [0.5, 0.6) is 5.75 Å². The fourth-order valence-electron chi connectivity index (χ4n) is 3.99. The van der Waals surface area contributed by atoms with Crippen LogP contribution in [0, 0.1) is 11.3 Å². The molecule has 0 bridgehead atoms. The molecule has 0 unspecified atom stereocenters. The van der Waals surface area contributed by atoms with Crippen LogP contribution in [0.2, 0.25) is 0 Å². The van der Waals surface area contributed by atoms with E-state index in [0.717, 1.165) is 67.9 Å². The fourth-order valence-corrected chi connectivity index (χ4v) is 3.99. The first-order chi connectivity index (χ1) is 13.8. The summed E-state index contributed by atoms with van der Waals surface area (Å²) in [4.78, 5) is 2.22. The Morgan fingerprint density at radius 2 is 2.18 bits per heavy atom. The van der Waals surface area contributed by atoms with E-state index in [4.69, 9.17) is 15.2 Å².